The maximum Gasteiger partial charge on any atom is 0.243 e. The number of anilines is 1. The number of nitrogens with zero attached hydrogens (tertiary/aromatic N) is 1. The fraction of sp³-hybridized carbons (Fsp3) is 0.500. The molecular formula is C20H27N5O4. The van der Waals surface area contributed by atoms with E-state index in [1.807, 2.05) is 6.07 Å². The minimum absolute atomic E-state index is 0.0396. The van der Waals surface area contributed by atoms with Crippen molar-refractivity contribution in [3.8, 4) is 0 Å². The molecule has 9 heteroatoms. The van der Waals surface area contributed by atoms with E-state index >= 15 is 0 Å². The van der Waals surface area contributed by atoms with Crippen LogP contribution in [0.5, 0.6) is 0 Å². The molecule has 0 spiro atoms. The van der Waals surface area contributed by atoms with E-state index in [0.29, 0.717) is 18.7 Å². The van der Waals surface area contributed by atoms with E-state index in [4.69, 9.17) is 0 Å². The summed E-state index contributed by atoms with van der Waals surface area (Å²) < 4.78 is 0. The van der Waals surface area contributed by atoms with Crippen molar-refractivity contribution < 1.29 is 19.2 Å². The van der Waals surface area contributed by atoms with Gasteiger partial charge in [-0.15, -0.1) is 0 Å². The molecule has 29 heavy (non-hydrogen) atoms. The van der Waals surface area contributed by atoms with Crippen LogP contribution in [0.15, 0.2) is 30.3 Å². The summed E-state index contributed by atoms with van der Waals surface area (Å²) in [4.78, 5) is 50.5. The Morgan fingerprint density at radius 1 is 0.966 bits per heavy atom. The van der Waals surface area contributed by atoms with Crippen LogP contribution in [0.2, 0.25) is 0 Å². The summed E-state index contributed by atoms with van der Waals surface area (Å²) in [5, 5.41) is 10.9. The van der Waals surface area contributed by atoms with Gasteiger partial charge in [0.2, 0.25) is 23.6 Å². The average molecular weight is 401 g/mol. The Labute approximate surface area is 169 Å². The molecule has 0 saturated carbocycles. The third kappa shape index (κ3) is 5.77. The molecule has 2 atom stereocenters. The minimum Gasteiger partial charge on any atom is -0.345 e. The molecule has 0 radical (unpaired) electrons. The summed E-state index contributed by atoms with van der Waals surface area (Å²) in [5.74, 6) is -1.19. The summed E-state index contributed by atoms with van der Waals surface area (Å²) in [6.45, 7) is 0.947. The lowest BCUT2D eigenvalue weighted by Crippen LogP contribution is -2.52. The van der Waals surface area contributed by atoms with Crippen LogP contribution in [0.4, 0.5) is 5.69 Å². The monoisotopic (exact) mass is 401 g/mol. The molecule has 156 valence electrons. The second kappa shape index (κ2) is 10.0. The predicted octanol–water partition coefficient (Wildman–Crippen LogP) is -0.399. The fourth-order valence-electron chi connectivity index (χ4n) is 3.65. The van der Waals surface area contributed by atoms with E-state index in [0.717, 1.165) is 25.8 Å². The average Bonchev–Trinajstić information content (AvgIpc) is 3.43. The molecule has 0 aromatic heterocycles. The Morgan fingerprint density at radius 2 is 1.72 bits per heavy atom. The summed E-state index contributed by atoms with van der Waals surface area (Å²) in [6.07, 6.45) is 3.10. The number of amides is 4. The summed E-state index contributed by atoms with van der Waals surface area (Å²) >= 11 is 0. The number of benzene rings is 1. The smallest absolute Gasteiger partial charge is 0.243 e. The predicted molar refractivity (Wildman–Crippen MR) is 107 cm³/mol. The molecule has 0 aliphatic carbocycles. The minimum atomic E-state index is -0.543. The highest BCUT2D eigenvalue weighted by molar-refractivity contribution is 5.96. The van der Waals surface area contributed by atoms with Crippen LogP contribution in [-0.2, 0) is 19.2 Å². The van der Waals surface area contributed by atoms with Gasteiger partial charge in [-0.3, -0.25) is 19.2 Å². The highest BCUT2D eigenvalue weighted by Crippen LogP contribution is 2.20. The zero-order valence-electron chi connectivity index (χ0n) is 16.3. The van der Waals surface area contributed by atoms with E-state index in [1.54, 1.807) is 29.2 Å². The molecule has 2 fully saturated rings. The van der Waals surface area contributed by atoms with Crippen molar-refractivity contribution in [2.75, 3.05) is 31.5 Å². The van der Waals surface area contributed by atoms with Gasteiger partial charge in [0.05, 0.1) is 19.1 Å². The maximum atomic E-state index is 12.6. The largest absolute Gasteiger partial charge is 0.345 e. The van der Waals surface area contributed by atoms with Crippen LogP contribution in [0.25, 0.3) is 0 Å². The number of para-hydroxylation sites is 1. The Bertz CT molecular complexity index is 748. The molecule has 2 saturated heterocycles. The first kappa shape index (κ1) is 20.8. The second-order valence-electron chi connectivity index (χ2n) is 7.25. The van der Waals surface area contributed by atoms with E-state index in [-0.39, 0.29) is 36.9 Å². The molecule has 0 bridgehead atoms. The zero-order chi connectivity index (χ0) is 20.6. The molecule has 3 rings (SSSR count). The van der Waals surface area contributed by atoms with Crippen molar-refractivity contribution in [3.63, 3.8) is 0 Å². The Hall–Kier alpha value is -2.94. The van der Waals surface area contributed by atoms with Crippen LogP contribution >= 0.6 is 0 Å². The Morgan fingerprint density at radius 3 is 2.45 bits per heavy atom. The molecule has 9 nitrogen and oxygen atoms in total. The molecule has 4 N–H and O–H groups in total. The molecule has 1 aromatic rings. The number of nitrogens with one attached hydrogen (secondary N) is 4. The van der Waals surface area contributed by atoms with Crippen molar-refractivity contribution in [1.82, 2.24) is 20.9 Å². The van der Waals surface area contributed by atoms with Crippen molar-refractivity contribution in [3.05, 3.63) is 30.3 Å². The summed E-state index contributed by atoms with van der Waals surface area (Å²) in [5.41, 5.74) is 0.641. The van der Waals surface area contributed by atoms with E-state index in [1.165, 1.54) is 0 Å². The first-order valence-electron chi connectivity index (χ1n) is 9.98. The van der Waals surface area contributed by atoms with Gasteiger partial charge in [0.15, 0.2) is 0 Å². The van der Waals surface area contributed by atoms with Crippen LogP contribution in [0.1, 0.15) is 25.7 Å². The molecule has 4 amide bonds. The Kier molecular flexibility index (Phi) is 7.18. The first-order valence-corrected chi connectivity index (χ1v) is 9.98. The van der Waals surface area contributed by atoms with Gasteiger partial charge in [-0.2, -0.15) is 0 Å². The summed E-state index contributed by atoms with van der Waals surface area (Å²) in [6, 6.07) is 8.16. The fourth-order valence-corrected chi connectivity index (χ4v) is 3.65. The van der Waals surface area contributed by atoms with Crippen LogP contribution in [0.3, 0.4) is 0 Å². The van der Waals surface area contributed by atoms with Gasteiger partial charge in [0.25, 0.3) is 0 Å². The molecule has 2 aliphatic rings. The van der Waals surface area contributed by atoms with Gasteiger partial charge in [0, 0.05) is 12.2 Å². The van der Waals surface area contributed by atoms with E-state index in [2.05, 4.69) is 21.3 Å². The molecule has 0 unspecified atom stereocenters. The number of rotatable bonds is 7. The lowest BCUT2D eigenvalue weighted by atomic mass is 10.1. The van der Waals surface area contributed by atoms with Gasteiger partial charge in [-0.25, -0.2) is 0 Å². The van der Waals surface area contributed by atoms with E-state index in [9.17, 15) is 19.2 Å². The SMILES string of the molecule is O=C(CNC(=O)[C@H]1CCCN1C(=O)[C@@H]1CCCN1)NCC(=O)Nc1ccccc1. The number of hydrogen-bond donors (Lipinski definition) is 4. The van der Waals surface area contributed by atoms with Gasteiger partial charge in [-0.05, 0) is 44.4 Å². The third-order valence-corrected chi connectivity index (χ3v) is 5.12. The number of hydrogen-bond acceptors (Lipinski definition) is 5. The number of carbonyl (C=O) groups is 4. The zero-order valence-corrected chi connectivity index (χ0v) is 16.3. The third-order valence-electron chi connectivity index (χ3n) is 5.12. The van der Waals surface area contributed by atoms with E-state index < -0.39 is 11.9 Å². The number of likely N-dealkylation sites (tertiary alicyclic amines) is 1. The molecule has 2 heterocycles. The normalized spacial score (nSPS) is 20.9. The Balaban J connectivity index is 1.39. The highest BCUT2D eigenvalue weighted by Gasteiger charge is 2.37. The first-order chi connectivity index (χ1) is 14.0. The van der Waals surface area contributed by atoms with Crippen LogP contribution in [-0.4, -0.2) is 66.8 Å². The van der Waals surface area contributed by atoms with Gasteiger partial charge >= 0.3 is 0 Å². The van der Waals surface area contributed by atoms with Crippen LogP contribution in [0, 0.1) is 0 Å². The number of carbonyl (C=O) groups excluding carboxylic acids is 4. The second-order valence-corrected chi connectivity index (χ2v) is 7.25. The van der Waals surface area contributed by atoms with Crippen molar-refractivity contribution >= 4 is 29.3 Å². The highest BCUT2D eigenvalue weighted by atomic mass is 16.2. The summed E-state index contributed by atoms with van der Waals surface area (Å²) in [7, 11) is 0. The van der Waals surface area contributed by atoms with Crippen molar-refractivity contribution in [1.29, 1.82) is 0 Å². The standard InChI is InChI=1S/C20H27N5O4/c26-17(22-13-18(27)24-14-6-2-1-3-7-14)12-23-19(28)16-9-5-11-25(16)20(29)15-8-4-10-21-15/h1-3,6-7,15-16,21H,4-5,8-13H2,(H,22,26)(H,23,28)(H,24,27)/t15-,16+/m0/s1. The topological polar surface area (TPSA) is 120 Å². The molecule has 2 aliphatic heterocycles. The lowest BCUT2D eigenvalue weighted by Gasteiger charge is -2.26. The van der Waals surface area contributed by atoms with Gasteiger partial charge < -0.3 is 26.2 Å². The van der Waals surface area contributed by atoms with Gasteiger partial charge in [-0.1, -0.05) is 18.2 Å². The maximum absolute atomic E-state index is 12.6. The van der Waals surface area contributed by atoms with Crippen molar-refractivity contribution in [2.45, 2.75) is 37.8 Å². The van der Waals surface area contributed by atoms with Gasteiger partial charge in [0.1, 0.15) is 6.04 Å². The molecule has 1 aromatic carbocycles. The quantitative estimate of drug-likeness (QED) is 0.496. The van der Waals surface area contributed by atoms with Crippen molar-refractivity contribution in [2.24, 2.45) is 0 Å². The molecular weight excluding hydrogens is 374 g/mol. The van der Waals surface area contributed by atoms with Crippen LogP contribution < -0.4 is 21.3 Å². The lowest BCUT2D eigenvalue weighted by molar-refractivity contribution is -0.140.